The van der Waals surface area contributed by atoms with Crippen molar-refractivity contribution in [2.75, 3.05) is 0 Å². The lowest BCUT2D eigenvalue weighted by molar-refractivity contribution is -0.140. The average molecular weight is 424 g/mol. The van der Waals surface area contributed by atoms with E-state index in [4.69, 9.17) is 4.74 Å². The first-order valence-corrected chi connectivity index (χ1v) is 10.3. The van der Waals surface area contributed by atoms with Crippen LogP contribution in [0.15, 0.2) is 70.7 Å². The van der Waals surface area contributed by atoms with Crippen LogP contribution in [-0.4, -0.2) is 39.1 Å². The Morgan fingerprint density at radius 2 is 1.84 bits per heavy atom. The molecular weight excluding hydrogens is 396 g/mol. The van der Waals surface area contributed by atoms with Crippen molar-refractivity contribution in [3.05, 3.63) is 81.9 Å². The van der Waals surface area contributed by atoms with E-state index < -0.39 is 35.6 Å². The molecule has 0 aromatic heterocycles. The average Bonchev–Trinajstić information content (AvgIpc) is 2.73. The molecule has 0 fully saturated rings. The maximum Gasteiger partial charge on any atom is 0.230 e. The number of benzene rings is 1. The van der Waals surface area contributed by atoms with Gasteiger partial charge in [-0.05, 0) is 45.6 Å². The van der Waals surface area contributed by atoms with E-state index in [2.05, 4.69) is 32.9 Å². The van der Waals surface area contributed by atoms with E-state index in [1.165, 1.54) is 11.1 Å². The maximum absolute atomic E-state index is 12.7. The molecule has 0 radical (unpaired) electrons. The molecule has 6 nitrogen and oxygen atoms in total. The van der Waals surface area contributed by atoms with Gasteiger partial charge in [0.15, 0.2) is 11.9 Å². The van der Waals surface area contributed by atoms with Gasteiger partial charge in [-0.2, -0.15) is 0 Å². The van der Waals surface area contributed by atoms with Crippen molar-refractivity contribution in [3.8, 4) is 0 Å². The van der Waals surface area contributed by atoms with Crippen LogP contribution in [0, 0.1) is 0 Å². The SMILES string of the molecule is CC(C)=CCC/C(C)=C/Cc1cccc(C2OC3=C(C(O)C(=O)C(O)=C3)C(O)C2=O)c1. The molecule has 3 atom stereocenters. The normalized spacial score (nSPS) is 23.8. The summed E-state index contributed by atoms with van der Waals surface area (Å²) < 4.78 is 5.70. The van der Waals surface area contributed by atoms with E-state index in [9.17, 15) is 24.9 Å². The topological polar surface area (TPSA) is 104 Å². The van der Waals surface area contributed by atoms with Crippen LogP contribution in [-0.2, 0) is 20.7 Å². The third kappa shape index (κ3) is 5.03. The molecule has 3 N–H and O–H groups in total. The smallest absolute Gasteiger partial charge is 0.230 e. The summed E-state index contributed by atoms with van der Waals surface area (Å²) in [6, 6.07) is 7.33. The van der Waals surface area contributed by atoms with E-state index in [-0.39, 0.29) is 11.3 Å². The Bertz CT molecular complexity index is 1010. The number of hydrogen-bond acceptors (Lipinski definition) is 6. The fourth-order valence-corrected chi connectivity index (χ4v) is 3.66. The summed E-state index contributed by atoms with van der Waals surface area (Å²) in [6.07, 6.45) is 3.49. The predicted octanol–water partition coefficient (Wildman–Crippen LogP) is 3.56. The number of ketones is 2. The van der Waals surface area contributed by atoms with Crippen molar-refractivity contribution in [2.45, 2.75) is 58.3 Å². The molecule has 1 aliphatic carbocycles. The lowest BCUT2D eigenvalue weighted by Gasteiger charge is -2.33. The van der Waals surface area contributed by atoms with Gasteiger partial charge in [0.25, 0.3) is 0 Å². The largest absolute Gasteiger partial charge is 0.504 e. The van der Waals surface area contributed by atoms with Crippen molar-refractivity contribution in [1.82, 2.24) is 0 Å². The Morgan fingerprint density at radius 1 is 1.10 bits per heavy atom. The molecule has 0 saturated heterocycles. The minimum Gasteiger partial charge on any atom is -0.504 e. The summed E-state index contributed by atoms with van der Waals surface area (Å²) in [6.45, 7) is 6.26. The molecule has 1 heterocycles. The van der Waals surface area contributed by atoms with Crippen LogP contribution in [0.3, 0.4) is 0 Å². The van der Waals surface area contributed by atoms with E-state index in [0.717, 1.165) is 24.5 Å². The number of allylic oxidation sites excluding steroid dienone is 5. The highest BCUT2D eigenvalue weighted by Gasteiger charge is 2.45. The van der Waals surface area contributed by atoms with Crippen LogP contribution in [0.25, 0.3) is 0 Å². The third-order valence-corrected chi connectivity index (χ3v) is 5.45. The van der Waals surface area contributed by atoms with Gasteiger partial charge in [-0.15, -0.1) is 0 Å². The standard InChI is InChI=1S/C25H28O6/c1-14(2)6-4-7-15(3)10-11-16-8-5-9-17(12-16)25-24(30)23(29)20-19(31-25)13-18(26)21(27)22(20)28/h5-6,8-10,12-13,22-23,25-26,28-29H,4,7,11H2,1-3H3/b15-10+. The van der Waals surface area contributed by atoms with Crippen molar-refractivity contribution < 1.29 is 29.6 Å². The quantitative estimate of drug-likeness (QED) is 0.603. The molecule has 3 unspecified atom stereocenters. The van der Waals surface area contributed by atoms with E-state index in [0.29, 0.717) is 12.0 Å². The summed E-state index contributed by atoms with van der Waals surface area (Å²) >= 11 is 0. The van der Waals surface area contributed by atoms with Crippen LogP contribution >= 0.6 is 0 Å². The Balaban J connectivity index is 1.78. The number of carbonyl (C=O) groups excluding carboxylic acids is 2. The van der Waals surface area contributed by atoms with Crippen molar-refractivity contribution >= 4 is 11.6 Å². The van der Waals surface area contributed by atoms with Crippen molar-refractivity contribution in [1.29, 1.82) is 0 Å². The number of aliphatic hydroxyl groups excluding tert-OH is 3. The van der Waals surface area contributed by atoms with Gasteiger partial charge in [-0.1, -0.05) is 47.6 Å². The Hall–Kier alpha value is -2.96. The molecule has 0 bridgehead atoms. The lowest BCUT2D eigenvalue weighted by atomic mass is 9.86. The van der Waals surface area contributed by atoms with Gasteiger partial charge >= 0.3 is 0 Å². The second-order valence-electron chi connectivity index (χ2n) is 8.24. The Labute approximate surface area is 181 Å². The van der Waals surface area contributed by atoms with Gasteiger partial charge in [-0.3, -0.25) is 9.59 Å². The van der Waals surface area contributed by atoms with Gasteiger partial charge in [-0.25, -0.2) is 0 Å². The first kappa shape index (κ1) is 22.7. The fraction of sp³-hybridized carbons (Fsp3) is 0.360. The zero-order valence-electron chi connectivity index (χ0n) is 18.0. The summed E-state index contributed by atoms with van der Waals surface area (Å²) in [5, 5.41) is 30.2. The molecule has 3 rings (SSSR count). The Morgan fingerprint density at radius 3 is 2.55 bits per heavy atom. The van der Waals surface area contributed by atoms with E-state index in [1.54, 1.807) is 6.07 Å². The number of Topliss-reactive ketones (excluding diaryl/α,β-unsaturated/α-hetero) is 2. The van der Waals surface area contributed by atoms with Crippen LogP contribution in [0.5, 0.6) is 0 Å². The second-order valence-corrected chi connectivity index (χ2v) is 8.24. The highest BCUT2D eigenvalue weighted by atomic mass is 16.5. The maximum atomic E-state index is 12.7. The van der Waals surface area contributed by atoms with Crippen molar-refractivity contribution in [3.63, 3.8) is 0 Å². The molecule has 31 heavy (non-hydrogen) atoms. The molecule has 0 saturated carbocycles. The zero-order valence-corrected chi connectivity index (χ0v) is 18.0. The summed E-state index contributed by atoms with van der Waals surface area (Å²) in [4.78, 5) is 24.5. The van der Waals surface area contributed by atoms with Gasteiger partial charge in [0.05, 0.1) is 0 Å². The predicted molar refractivity (Wildman–Crippen MR) is 116 cm³/mol. The van der Waals surface area contributed by atoms with Crippen LogP contribution in [0.1, 0.15) is 50.8 Å². The molecule has 1 aromatic carbocycles. The monoisotopic (exact) mass is 424 g/mol. The second kappa shape index (κ2) is 9.45. The minimum absolute atomic E-state index is 0.0536. The van der Waals surface area contributed by atoms with Gasteiger partial charge < -0.3 is 20.1 Å². The van der Waals surface area contributed by atoms with Crippen molar-refractivity contribution in [2.24, 2.45) is 0 Å². The first-order valence-electron chi connectivity index (χ1n) is 10.3. The number of carbonyl (C=O) groups is 2. The molecule has 2 aliphatic rings. The fourth-order valence-electron chi connectivity index (χ4n) is 3.66. The van der Waals surface area contributed by atoms with Crippen LogP contribution in [0.4, 0.5) is 0 Å². The first-order chi connectivity index (χ1) is 14.7. The molecular formula is C25H28O6. The van der Waals surface area contributed by atoms with E-state index >= 15 is 0 Å². The van der Waals surface area contributed by atoms with Crippen LogP contribution < -0.4 is 0 Å². The van der Waals surface area contributed by atoms with E-state index in [1.807, 2.05) is 18.2 Å². The lowest BCUT2D eigenvalue weighted by Crippen LogP contribution is -2.43. The van der Waals surface area contributed by atoms with Gasteiger partial charge in [0.1, 0.15) is 18.0 Å². The molecule has 6 heteroatoms. The number of hydrogen-bond donors (Lipinski definition) is 3. The minimum atomic E-state index is -1.80. The molecule has 164 valence electrons. The highest BCUT2D eigenvalue weighted by molar-refractivity contribution is 6.03. The summed E-state index contributed by atoms with van der Waals surface area (Å²) in [7, 11) is 0. The molecule has 1 aromatic rings. The van der Waals surface area contributed by atoms with Gasteiger partial charge in [0, 0.05) is 17.2 Å². The number of rotatable bonds is 6. The third-order valence-electron chi connectivity index (χ3n) is 5.45. The number of ether oxygens (including phenoxy) is 1. The molecule has 1 aliphatic heterocycles. The zero-order chi connectivity index (χ0) is 22.7. The summed E-state index contributed by atoms with van der Waals surface area (Å²) in [5.74, 6) is -2.36. The summed E-state index contributed by atoms with van der Waals surface area (Å²) in [5.41, 5.74) is 3.90. The number of aliphatic hydroxyl groups is 3. The molecule has 0 spiro atoms. The van der Waals surface area contributed by atoms with Gasteiger partial charge in [0.2, 0.25) is 11.6 Å². The van der Waals surface area contributed by atoms with Crippen LogP contribution in [0.2, 0.25) is 0 Å². The molecule has 0 amide bonds. The highest BCUT2D eigenvalue weighted by Crippen LogP contribution is 2.36. The Kier molecular flexibility index (Phi) is 6.93.